The summed E-state index contributed by atoms with van der Waals surface area (Å²) in [6.45, 7) is 6.55. The molecule has 0 spiro atoms. The molecule has 31 heavy (non-hydrogen) atoms. The molecule has 0 bridgehead atoms. The van der Waals surface area contributed by atoms with Crippen LogP contribution in [0, 0.1) is 6.92 Å². The van der Waals surface area contributed by atoms with Gasteiger partial charge in [-0.3, -0.25) is 9.88 Å². The Balaban J connectivity index is 1.32. The monoisotopic (exact) mass is 416 g/mol. The van der Waals surface area contributed by atoms with Gasteiger partial charge in [0.25, 0.3) is 0 Å². The Bertz CT molecular complexity index is 1270. The summed E-state index contributed by atoms with van der Waals surface area (Å²) in [4.78, 5) is 25.5. The van der Waals surface area contributed by atoms with Crippen molar-refractivity contribution in [3.8, 4) is 0 Å². The minimum absolute atomic E-state index is 0.441. The van der Waals surface area contributed by atoms with E-state index < -0.39 is 5.76 Å². The predicted molar refractivity (Wildman–Crippen MR) is 121 cm³/mol. The maximum atomic E-state index is 11.4. The van der Waals surface area contributed by atoms with Crippen LogP contribution in [0.4, 0.5) is 23.1 Å². The van der Waals surface area contributed by atoms with Gasteiger partial charge in [0, 0.05) is 29.2 Å². The summed E-state index contributed by atoms with van der Waals surface area (Å²) < 4.78 is 5.05. The second kappa shape index (κ2) is 7.88. The summed E-state index contributed by atoms with van der Waals surface area (Å²) in [7, 11) is 0. The Labute approximate surface area is 179 Å². The van der Waals surface area contributed by atoms with Crippen LogP contribution in [0.3, 0.4) is 0 Å². The number of nitrogens with zero attached hydrogens (tertiary/aromatic N) is 3. The number of rotatable bonds is 6. The number of aromatic amines is 1. The van der Waals surface area contributed by atoms with Crippen LogP contribution in [0.5, 0.6) is 0 Å². The number of hydrogen-bond donors (Lipinski definition) is 3. The van der Waals surface area contributed by atoms with Gasteiger partial charge in [-0.15, -0.1) is 0 Å². The van der Waals surface area contributed by atoms with Crippen LogP contribution in [-0.4, -0.2) is 32.9 Å². The molecule has 1 saturated heterocycles. The van der Waals surface area contributed by atoms with Gasteiger partial charge >= 0.3 is 5.76 Å². The van der Waals surface area contributed by atoms with E-state index in [9.17, 15) is 4.79 Å². The predicted octanol–water partition coefficient (Wildman–Crippen LogP) is 4.47. The molecule has 0 aliphatic carbocycles. The number of aromatic nitrogens is 3. The fourth-order valence-electron chi connectivity index (χ4n) is 3.71. The molecular weight excluding hydrogens is 392 g/mol. The van der Waals surface area contributed by atoms with Crippen molar-refractivity contribution in [2.45, 2.75) is 26.3 Å². The van der Waals surface area contributed by atoms with Crippen LogP contribution >= 0.6 is 0 Å². The molecule has 3 N–H and O–H groups in total. The smallest absolute Gasteiger partial charge is 0.408 e. The third-order valence-electron chi connectivity index (χ3n) is 5.74. The zero-order valence-corrected chi connectivity index (χ0v) is 17.5. The first-order valence-corrected chi connectivity index (χ1v) is 10.4. The average molecular weight is 416 g/mol. The molecule has 1 aliphatic rings. The Morgan fingerprint density at radius 3 is 2.61 bits per heavy atom. The fourth-order valence-corrected chi connectivity index (χ4v) is 3.71. The van der Waals surface area contributed by atoms with Gasteiger partial charge in [-0.1, -0.05) is 12.1 Å². The van der Waals surface area contributed by atoms with Crippen LogP contribution in [-0.2, 0) is 0 Å². The lowest BCUT2D eigenvalue weighted by Gasteiger charge is -2.36. The molecule has 0 radical (unpaired) electrons. The summed E-state index contributed by atoms with van der Waals surface area (Å²) >= 11 is 0. The molecule has 158 valence electrons. The minimum atomic E-state index is -0.470. The van der Waals surface area contributed by atoms with Crippen LogP contribution in [0.2, 0.25) is 0 Å². The highest BCUT2D eigenvalue weighted by Gasteiger charge is 2.21. The number of hydrogen-bond acceptors (Lipinski definition) is 7. The summed E-state index contributed by atoms with van der Waals surface area (Å²) in [6, 6.07) is 14.3. The van der Waals surface area contributed by atoms with Crippen LogP contribution in [0.1, 0.15) is 30.5 Å². The molecular formula is C23H24N6O2. The average Bonchev–Trinajstić information content (AvgIpc) is 3.09. The number of H-pyrrole nitrogens is 1. The Kier molecular flexibility index (Phi) is 4.91. The number of aryl methyl sites for hydroxylation is 1. The molecule has 1 atom stereocenters. The second-order valence-electron chi connectivity index (χ2n) is 7.89. The Morgan fingerprint density at radius 2 is 1.87 bits per heavy atom. The third-order valence-corrected chi connectivity index (χ3v) is 5.74. The topological polar surface area (TPSA) is 99.1 Å². The van der Waals surface area contributed by atoms with Crippen LogP contribution in [0.15, 0.2) is 57.9 Å². The standard InChI is InChI=1S/C23H24N6O2/c1-14-13-24-22(26-17-6-4-16(5-7-17)15(2)29-10-3-11-29)28-21(14)25-18-8-9-20-19(12-18)27-23(30)31-20/h4-9,12-13,15H,3,10-11H2,1-2H3,(H,27,30)(H2,24,25,26,28). The van der Waals surface area contributed by atoms with E-state index in [4.69, 9.17) is 4.42 Å². The van der Waals surface area contributed by atoms with Crippen molar-refractivity contribution in [3.63, 3.8) is 0 Å². The summed E-state index contributed by atoms with van der Waals surface area (Å²) in [5.74, 6) is 0.724. The van der Waals surface area contributed by atoms with E-state index in [2.05, 4.69) is 61.7 Å². The van der Waals surface area contributed by atoms with E-state index in [-0.39, 0.29) is 0 Å². The SMILES string of the molecule is Cc1cnc(Nc2ccc(C(C)N3CCC3)cc2)nc1Nc1ccc2oc(=O)[nH]c2c1. The molecule has 0 saturated carbocycles. The van der Waals surface area contributed by atoms with Gasteiger partial charge in [-0.2, -0.15) is 4.98 Å². The number of likely N-dealkylation sites (tertiary alicyclic amines) is 1. The maximum Gasteiger partial charge on any atom is 0.417 e. The van der Waals surface area contributed by atoms with Gasteiger partial charge in [0.2, 0.25) is 5.95 Å². The number of fused-ring (bicyclic) bond motifs is 1. The van der Waals surface area contributed by atoms with Crippen molar-refractivity contribution in [2.24, 2.45) is 0 Å². The first-order chi connectivity index (χ1) is 15.0. The highest BCUT2D eigenvalue weighted by atomic mass is 16.4. The van der Waals surface area contributed by atoms with Gasteiger partial charge in [0.1, 0.15) is 5.82 Å². The van der Waals surface area contributed by atoms with Crippen molar-refractivity contribution in [2.75, 3.05) is 23.7 Å². The van der Waals surface area contributed by atoms with Crippen molar-refractivity contribution < 1.29 is 4.42 Å². The molecule has 1 aliphatic heterocycles. The first-order valence-electron chi connectivity index (χ1n) is 10.4. The van der Waals surface area contributed by atoms with E-state index in [1.807, 2.05) is 19.1 Å². The van der Waals surface area contributed by atoms with Crippen molar-refractivity contribution in [3.05, 3.63) is 70.3 Å². The molecule has 8 heteroatoms. The van der Waals surface area contributed by atoms with Crippen LogP contribution < -0.4 is 16.4 Å². The lowest BCUT2D eigenvalue weighted by Crippen LogP contribution is -2.38. The zero-order valence-electron chi connectivity index (χ0n) is 17.5. The molecule has 5 rings (SSSR count). The van der Waals surface area contributed by atoms with Crippen LogP contribution in [0.25, 0.3) is 11.1 Å². The van der Waals surface area contributed by atoms with Gasteiger partial charge in [-0.25, -0.2) is 9.78 Å². The van der Waals surface area contributed by atoms with Gasteiger partial charge in [-0.05, 0) is 69.3 Å². The van der Waals surface area contributed by atoms with Gasteiger partial charge in [0.05, 0.1) is 5.52 Å². The molecule has 8 nitrogen and oxygen atoms in total. The summed E-state index contributed by atoms with van der Waals surface area (Å²) in [6.07, 6.45) is 3.06. The van der Waals surface area contributed by atoms with E-state index in [0.29, 0.717) is 28.9 Å². The highest BCUT2D eigenvalue weighted by molar-refractivity contribution is 5.78. The zero-order chi connectivity index (χ0) is 21.4. The molecule has 3 heterocycles. The van der Waals surface area contributed by atoms with Gasteiger partial charge < -0.3 is 15.1 Å². The van der Waals surface area contributed by atoms with E-state index >= 15 is 0 Å². The molecule has 0 amide bonds. The molecule has 2 aromatic carbocycles. The second-order valence-corrected chi connectivity index (χ2v) is 7.89. The highest BCUT2D eigenvalue weighted by Crippen LogP contribution is 2.27. The summed E-state index contributed by atoms with van der Waals surface area (Å²) in [5, 5.41) is 6.56. The lowest BCUT2D eigenvalue weighted by atomic mass is 10.0. The Morgan fingerprint density at radius 1 is 1.10 bits per heavy atom. The summed E-state index contributed by atoms with van der Waals surface area (Å²) in [5.41, 5.74) is 5.10. The number of benzene rings is 2. The van der Waals surface area contributed by atoms with Crippen molar-refractivity contribution >= 4 is 34.2 Å². The molecule has 1 unspecified atom stereocenters. The Hall–Kier alpha value is -3.65. The van der Waals surface area contributed by atoms with Crippen molar-refractivity contribution in [1.29, 1.82) is 0 Å². The number of anilines is 4. The molecule has 1 fully saturated rings. The molecule has 4 aromatic rings. The van der Waals surface area contributed by atoms with E-state index in [1.54, 1.807) is 12.3 Å². The minimum Gasteiger partial charge on any atom is -0.408 e. The maximum absolute atomic E-state index is 11.4. The largest absolute Gasteiger partial charge is 0.417 e. The lowest BCUT2D eigenvalue weighted by molar-refractivity contribution is 0.128. The normalized spacial score (nSPS) is 14.9. The fraction of sp³-hybridized carbons (Fsp3) is 0.261. The van der Waals surface area contributed by atoms with Gasteiger partial charge in [0.15, 0.2) is 5.58 Å². The molecule has 2 aromatic heterocycles. The third kappa shape index (κ3) is 4.02. The van der Waals surface area contributed by atoms with E-state index in [1.165, 1.54) is 25.1 Å². The number of oxazole rings is 1. The number of nitrogens with one attached hydrogen (secondary N) is 3. The quantitative estimate of drug-likeness (QED) is 0.426. The van der Waals surface area contributed by atoms with Crippen molar-refractivity contribution in [1.82, 2.24) is 19.9 Å². The van der Waals surface area contributed by atoms with E-state index in [0.717, 1.165) is 16.9 Å². The first kappa shape index (κ1) is 19.3.